The monoisotopic (exact) mass is 177 g/mol. The molecule has 2 heteroatoms. The Kier molecular flexibility index (Phi) is 2.00. The van der Waals surface area contributed by atoms with Crippen LogP contribution in [-0.2, 0) is 5.41 Å². The highest BCUT2D eigenvalue weighted by Gasteiger charge is 2.44. The van der Waals surface area contributed by atoms with Crippen molar-refractivity contribution in [3.8, 4) is 5.75 Å². The summed E-state index contributed by atoms with van der Waals surface area (Å²) in [5.74, 6) is 0.424. The Balaban J connectivity index is 2.30. The maximum Gasteiger partial charge on any atom is 0.119 e. The lowest BCUT2D eigenvalue weighted by Gasteiger charge is -2.15. The lowest BCUT2D eigenvalue weighted by atomic mass is 9.92. The van der Waals surface area contributed by atoms with Gasteiger partial charge in [0, 0.05) is 11.0 Å². The molecule has 1 aromatic rings. The average molecular weight is 177 g/mol. The second-order valence-electron chi connectivity index (χ2n) is 3.84. The van der Waals surface area contributed by atoms with Crippen LogP contribution in [0.1, 0.15) is 24.8 Å². The van der Waals surface area contributed by atoms with Crippen LogP contribution in [0.4, 0.5) is 0 Å². The summed E-state index contributed by atoms with van der Waals surface area (Å²) in [5, 5.41) is 9.67. The van der Waals surface area contributed by atoms with E-state index >= 15 is 0 Å². The maximum absolute atomic E-state index is 9.67. The molecule has 1 aromatic carbocycles. The molecule has 0 aliphatic heterocycles. The molecule has 0 bridgehead atoms. The van der Waals surface area contributed by atoms with Crippen LogP contribution in [0.2, 0.25) is 0 Å². The first-order chi connectivity index (χ1) is 6.28. The molecule has 1 saturated carbocycles. The van der Waals surface area contributed by atoms with Crippen molar-refractivity contribution in [3.63, 3.8) is 0 Å². The molecule has 0 amide bonds. The quantitative estimate of drug-likeness (QED) is 0.739. The number of hydrogen-bond acceptors (Lipinski definition) is 2. The van der Waals surface area contributed by atoms with Crippen LogP contribution in [-0.4, -0.2) is 11.7 Å². The molecule has 0 aromatic heterocycles. The third-order valence-electron chi connectivity index (χ3n) is 2.95. The summed E-state index contributed by atoms with van der Waals surface area (Å²) in [7, 11) is 0. The van der Waals surface area contributed by atoms with Crippen molar-refractivity contribution in [2.75, 3.05) is 6.54 Å². The normalized spacial score (nSPS) is 18.5. The first-order valence-corrected chi connectivity index (χ1v) is 4.77. The van der Waals surface area contributed by atoms with Gasteiger partial charge in [-0.1, -0.05) is 18.2 Å². The SMILES string of the molecule is NCCC1(c2ccccc2O)CC1. The van der Waals surface area contributed by atoms with Crippen molar-refractivity contribution in [2.45, 2.75) is 24.7 Å². The number of aromatic hydroxyl groups is 1. The molecule has 2 rings (SSSR count). The highest BCUT2D eigenvalue weighted by atomic mass is 16.3. The van der Waals surface area contributed by atoms with Crippen LogP contribution in [0.5, 0.6) is 5.75 Å². The van der Waals surface area contributed by atoms with Gasteiger partial charge in [0.15, 0.2) is 0 Å². The molecule has 0 atom stereocenters. The number of para-hydroxylation sites is 1. The third kappa shape index (κ3) is 1.42. The Morgan fingerprint density at radius 2 is 2.00 bits per heavy atom. The fraction of sp³-hybridized carbons (Fsp3) is 0.455. The summed E-state index contributed by atoms with van der Waals surface area (Å²) >= 11 is 0. The first kappa shape index (κ1) is 8.57. The number of nitrogens with two attached hydrogens (primary N) is 1. The molecule has 0 spiro atoms. The van der Waals surface area contributed by atoms with Gasteiger partial charge in [-0.25, -0.2) is 0 Å². The zero-order valence-corrected chi connectivity index (χ0v) is 7.66. The minimum atomic E-state index is 0.208. The molecule has 1 fully saturated rings. The van der Waals surface area contributed by atoms with Gasteiger partial charge < -0.3 is 10.8 Å². The smallest absolute Gasteiger partial charge is 0.119 e. The molecule has 0 saturated heterocycles. The summed E-state index contributed by atoms with van der Waals surface area (Å²) in [6.07, 6.45) is 3.33. The predicted octanol–water partition coefficient (Wildman–Crippen LogP) is 1.77. The van der Waals surface area contributed by atoms with Crippen LogP contribution in [0.15, 0.2) is 24.3 Å². The van der Waals surface area contributed by atoms with E-state index in [0.29, 0.717) is 12.3 Å². The Labute approximate surface area is 78.4 Å². The number of phenols is 1. The molecule has 0 radical (unpaired) electrons. The van der Waals surface area contributed by atoms with Gasteiger partial charge in [-0.3, -0.25) is 0 Å². The van der Waals surface area contributed by atoms with Crippen LogP contribution in [0, 0.1) is 0 Å². The van der Waals surface area contributed by atoms with Gasteiger partial charge in [-0.05, 0) is 31.9 Å². The third-order valence-corrected chi connectivity index (χ3v) is 2.95. The molecule has 3 N–H and O–H groups in total. The van der Waals surface area contributed by atoms with Gasteiger partial charge in [0.1, 0.15) is 5.75 Å². The van der Waals surface area contributed by atoms with Crippen molar-refractivity contribution in [1.29, 1.82) is 0 Å². The molecule has 1 aliphatic carbocycles. The van der Waals surface area contributed by atoms with Crippen molar-refractivity contribution in [3.05, 3.63) is 29.8 Å². The van der Waals surface area contributed by atoms with E-state index in [1.54, 1.807) is 6.07 Å². The Hall–Kier alpha value is -1.02. The molecule has 0 unspecified atom stereocenters. The van der Waals surface area contributed by atoms with E-state index in [9.17, 15) is 5.11 Å². The lowest BCUT2D eigenvalue weighted by Crippen LogP contribution is -2.13. The predicted molar refractivity (Wildman–Crippen MR) is 52.7 cm³/mol. The van der Waals surface area contributed by atoms with Gasteiger partial charge in [0.25, 0.3) is 0 Å². The highest BCUT2D eigenvalue weighted by Crippen LogP contribution is 2.53. The van der Waals surface area contributed by atoms with Gasteiger partial charge in [0.05, 0.1) is 0 Å². The van der Waals surface area contributed by atoms with Crippen molar-refractivity contribution in [2.24, 2.45) is 5.73 Å². The summed E-state index contributed by atoms with van der Waals surface area (Å²) in [6, 6.07) is 7.60. The average Bonchev–Trinajstić information content (AvgIpc) is 2.87. The van der Waals surface area contributed by atoms with Gasteiger partial charge in [-0.15, -0.1) is 0 Å². The topological polar surface area (TPSA) is 46.2 Å². The standard InChI is InChI=1S/C11H15NO/c12-8-7-11(5-6-11)9-3-1-2-4-10(9)13/h1-4,13H,5-8,12H2. The van der Waals surface area contributed by atoms with E-state index < -0.39 is 0 Å². The van der Waals surface area contributed by atoms with Gasteiger partial charge in [0.2, 0.25) is 0 Å². The summed E-state index contributed by atoms with van der Waals surface area (Å²) in [4.78, 5) is 0. The van der Waals surface area contributed by atoms with E-state index in [2.05, 4.69) is 0 Å². The summed E-state index contributed by atoms with van der Waals surface area (Å²) in [6.45, 7) is 0.703. The van der Waals surface area contributed by atoms with Gasteiger partial charge >= 0.3 is 0 Å². The first-order valence-electron chi connectivity index (χ1n) is 4.77. The van der Waals surface area contributed by atoms with E-state index in [-0.39, 0.29) is 5.41 Å². The van der Waals surface area contributed by atoms with Crippen LogP contribution in [0.3, 0.4) is 0 Å². The van der Waals surface area contributed by atoms with Gasteiger partial charge in [-0.2, -0.15) is 0 Å². The zero-order chi connectivity index (χ0) is 9.31. The molecule has 1 aliphatic rings. The zero-order valence-electron chi connectivity index (χ0n) is 7.66. The molecule has 70 valence electrons. The number of benzene rings is 1. The molecule has 2 nitrogen and oxygen atoms in total. The van der Waals surface area contributed by atoms with E-state index in [4.69, 9.17) is 5.73 Å². The Morgan fingerprint density at radius 1 is 1.31 bits per heavy atom. The minimum absolute atomic E-state index is 0.208. The van der Waals surface area contributed by atoms with Crippen LogP contribution >= 0.6 is 0 Å². The molecular formula is C11H15NO. The summed E-state index contributed by atoms with van der Waals surface area (Å²) in [5.41, 5.74) is 6.85. The maximum atomic E-state index is 9.67. The Bertz CT molecular complexity index is 305. The lowest BCUT2D eigenvalue weighted by molar-refractivity contribution is 0.455. The van der Waals surface area contributed by atoms with Crippen molar-refractivity contribution < 1.29 is 5.11 Å². The highest BCUT2D eigenvalue weighted by molar-refractivity contribution is 5.42. The van der Waals surface area contributed by atoms with Crippen LogP contribution < -0.4 is 5.73 Å². The number of rotatable bonds is 3. The largest absolute Gasteiger partial charge is 0.508 e. The Morgan fingerprint density at radius 3 is 2.54 bits per heavy atom. The van der Waals surface area contributed by atoms with E-state index in [1.165, 1.54) is 12.8 Å². The summed E-state index contributed by atoms with van der Waals surface area (Å²) < 4.78 is 0. The van der Waals surface area contributed by atoms with Crippen molar-refractivity contribution in [1.82, 2.24) is 0 Å². The number of phenolic OH excluding ortho intramolecular Hbond substituents is 1. The molecular weight excluding hydrogens is 162 g/mol. The minimum Gasteiger partial charge on any atom is -0.508 e. The van der Waals surface area contributed by atoms with E-state index in [1.807, 2.05) is 18.2 Å². The second-order valence-corrected chi connectivity index (χ2v) is 3.84. The number of hydrogen-bond donors (Lipinski definition) is 2. The fourth-order valence-electron chi connectivity index (χ4n) is 2.00. The fourth-order valence-corrected chi connectivity index (χ4v) is 2.00. The van der Waals surface area contributed by atoms with Crippen molar-refractivity contribution >= 4 is 0 Å². The van der Waals surface area contributed by atoms with E-state index in [0.717, 1.165) is 12.0 Å². The molecule has 0 heterocycles. The second kappa shape index (κ2) is 3.04. The molecule has 13 heavy (non-hydrogen) atoms. The van der Waals surface area contributed by atoms with Crippen LogP contribution in [0.25, 0.3) is 0 Å².